The van der Waals surface area contributed by atoms with E-state index in [0.29, 0.717) is 10.9 Å². The second-order valence-electron chi connectivity index (χ2n) is 1.89. The first-order chi connectivity index (χ1) is 3.66. The van der Waals surface area contributed by atoms with Crippen molar-refractivity contribution in [3.8, 4) is 0 Å². The van der Waals surface area contributed by atoms with Crippen LogP contribution in [0.25, 0.3) is 0 Å². The molecule has 0 saturated heterocycles. The maximum atomic E-state index is 10.4. The molecule has 0 radical (unpaired) electrons. The Bertz CT molecular complexity index is 85.0. The van der Waals surface area contributed by atoms with Crippen LogP contribution in [0.5, 0.6) is 0 Å². The monoisotopic (exact) mass is 245 g/mol. The van der Waals surface area contributed by atoms with E-state index in [-0.39, 0.29) is 23.0 Å². The van der Waals surface area contributed by atoms with Gasteiger partial charge in [-0.25, -0.2) is 0 Å². The van der Waals surface area contributed by atoms with Crippen molar-refractivity contribution in [1.29, 1.82) is 0 Å². The van der Waals surface area contributed by atoms with Gasteiger partial charge in [-0.05, 0) is 0 Å². The van der Waals surface area contributed by atoms with Gasteiger partial charge >= 0.3 is 58.8 Å². The molecule has 1 unspecified atom stereocenters. The van der Waals surface area contributed by atoms with Gasteiger partial charge in [0.05, 0.1) is 0 Å². The molecule has 0 fully saturated rings. The third-order valence-corrected chi connectivity index (χ3v) is 1.35. The summed E-state index contributed by atoms with van der Waals surface area (Å²) in [6.45, 7) is 2.04. The summed E-state index contributed by atoms with van der Waals surface area (Å²) in [5.41, 5.74) is 0. The van der Waals surface area contributed by atoms with E-state index in [1.54, 1.807) is 0 Å². The van der Waals surface area contributed by atoms with Gasteiger partial charge in [0.1, 0.15) is 0 Å². The van der Waals surface area contributed by atoms with Crippen molar-refractivity contribution in [2.24, 2.45) is 0 Å². The first-order valence-corrected chi connectivity index (χ1v) is 4.28. The van der Waals surface area contributed by atoms with Crippen molar-refractivity contribution in [3.05, 3.63) is 0 Å². The zero-order valence-corrected chi connectivity index (χ0v) is 10.4. The maximum absolute atomic E-state index is 10.4. The predicted octanol–water partition coefficient (Wildman–Crippen LogP) is 1.48. The fourth-order valence-corrected chi connectivity index (χ4v) is 0.862. The number of halogens is 1. The summed E-state index contributed by atoms with van der Waals surface area (Å²) in [6, 6.07) is 0. The molecule has 0 rings (SSSR count). The Hall–Kier alpha value is 0.573. The second-order valence-corrected chi connectivity index (χ2v) is 4.81. The van der Waals surface area contributed by atoms with Gasteiger partial charge in [-0.2, -0.15) is 0 Å². The summed E-state index contributed by atoms with van der Waals surface area (Å²) in [4.78, 5) is 10.4. The molecule has 0 aliphatic heterocycles. The van der Waals surface area contributed by atoms with E-state index in [9.17, 15) is 4.79 Å². The Morgan fingerprint density at radius 3 is 2.33 bits per heavy atom. The first-order valence-electron chi connectivity index (χ1n) is 2.56. The van der Waals surface area contributed by atoms with E-state index in [0.717, 1.165) is 18.3 Å². The van der Waals surface area contributed by atoms with Gasteiger partial charge in [-0.3, -0.25) is 0 Å². The van der Waals surface area contributed by atoms with E-state index < -0.39 is 0 Å². The fourth-order valence-electron chi connectivity index (χ4n) is 0.368. The molecule has 0 spiro atoms. The van der Waals surface area contributed by atoms with Crippen molar-refractivity contribution in [2.45, 2.75) is 17.9 Å². The number of hydrogen-bond acceptors (Lipinski definition) is 2. The van der Waals surface area contributed by atoms with Crippen LogP contribution in [-0.2, 0) is 27.8 Å². The van der Waals surface area contributed by atoms with Gasteiger partial charge in [0, 0.05) is 0 Å². The molecule has 4 heteroatoms. The normalized spacial score (nSPS) is 11.6. The molecule has 2 nitrogen and oxygen atoms in total. The van der Waals surface area contributed by atoms with Gasteiger partial charge in [-0.1, -0.05) is 0 Å². The number of rotatable bonds is 2. The molecular formula is C5H10BrO2Zn. The summed E-state index contributed by atoms with van der Waals surface area (Å²) in [6.07, 6.45) is 0.580. The molecule has 1 atom stereocenters. The molecule has 0 aliphatic carbocycles. The average molecular weight is 247 g/mol. The average Bonchev–Trinajstić information content (AvgIpc) is 1.65. The van der Waals surface area contributed by atoms with Crippen LogP contribution in [0, 0.1) is 0 Å². The zero-order valence-electron chi connectivity index (χ0n) is 5.72. The van der Waals surface area contributed by atoms with Crippen molar-refractivity contribution in [3.63, 3.8) is 0 Å². The Morgan fingerprint density at radius 1 is 1.78 bits per heavy atom. The molecule has 0 saturated carbocycles. The molecule has 9 heavy (non-hydrogen) atoms. The van der Waals surface area contributed by atoms with Crippen LogP contribution in [0.3, 0.4) is 0 Å². The van der Waals surface area contributed by atoms with Crippen LogP contribution in [0.1, 0.15) is 13.3 Å². The number of carbonyl (C=O) groups is 1. The standard InChI is InChI=1S/C5H9O2.BrH.Zn/c1-3-4-5(6)7-2;;/h3H,4H2,1-2H3;1H;. The molecule has 51 valence electrons. The molecule has 0 amide bonds. The van der Waals surface area contributed by atoms with Crippen LogP contribution < -0.4 is 0 Å². The molecular weight excluding hydrogens is 237 g/mol. The number of methoxy groups -OCH3 is 1. The zero-order chi connectivity index (χ0) is 6.57. The summed E-state index contributed by atoms with van der Waals surface area (Å²) in [5.74, 6) is -0.0937. The van der Waals surface area contributed by atoms with Crippen molar-refractivity contribution >= 4 is 23.0 Å². The summed E-state index contributed by atoms with van der Waals surface area (Å²) in [5, 5.41) is 0. The van der Waals surface area contributed by atoms with Crippen molar-refractivity contribution in [2.75, 3.05) is 7.11 Å². The molecule has 0 aromatic carbocycles. The predicted molar refractivity (Wildman–Crippen MR) is 36.4 cm³/mol. The van der Waals surface area contributed by atoms with Crippen LogP contribution in [-0.4, -0.2) is 13.1 Å². The topological polar surface area (TPSA) is 26.3 Å². The van der Waals surface area contributed by atoms with E-state index in [1.807, 2.05) is 6.92 Å². The van der Waals surface area contributed by atoms with Crippen molar-refractivity contribution in [1.82, 2.24) is 0 Å². The number of ether oxygens (including phenoxy) is 1. The summed E-state index contributed by atoms with van der Waals surface area (Å²) >= 11 is 1.16. The molecule has 0 bridgehead atoms. The minimum atomic E-state index is -0.0937. The van der Waals surface area contributed by atoms with Crippen LogP contribution in [0.2, 0.25) is 4.51 Å². The third-order valence-electron chi connectivity index (χ3n) is 0.743. The van der Waals surface area contributed by atoms with Gasteiger partial charge in [0.15, 0.2) is 0 Å². The Morgan fingerprint density at radius 2 is 2.22 bits per heavy atom. The summed E-state index contributed by atoms with van der Waals surface area (Å²) < 4.78 is 4.97. The van der Waals surface area contributed by atoms with Gasteiger partial charge in [0.25, 0.3) is 0 Å². The first kappa shape index (κ1) is 12.3. The van der Waals surface area contributed by atoms with E-state index >= 15 is 0 Å². The van der Waals surface area contributed by atoms with Gasteiger partial charge in [0.2, 0.25) is 0 Å². The SMILES string of the molecule is Br.COC(=O)C[CH](C)[Zn]. The van der Waals surface area contributed by atoms with E-state index in [2.05, 4.69) is 4.74 Å². The Kier molecular flexibility index (Phi) is 9.12. The number of hydrogen-bond donors (Lipinski definition) is 0. The van der Waals surface area contributed by atoms with Crippen LogP contribution in [0.4, 0.5) is 0 Å². The molecule has 0 aromatic rings. The fraction of sp³-hybridized carbons (Fsp3) is 0.800. The summed E-state index contributed by atoms with van der Waals surface area (Å²) in [7, 11) is 1.42. The minimum absolute atomic E-state index is 0. The molecule has 0 heterocycles. The third kappa shape index (κ3) is 8.57. The van der Waals surface area contributed by atoms with Crippen LogP contribution in [0.15, 0.2) is 0 Å². The Labute approximate surface area is 75.8 Å². The number of carbonyl (C=O) groups excluding carboxylic acids is 1. The Balaban J connectivity index is 0. The van der Waals surface area contributed by atoms with Gasteiger partial charge in [-0.15, -0.1) is 17.0 Å². The second kappa shape index (κ2) is 6.69. The van der Waals surface area contributed by atoms with Crippen molar-refractivity contribution < 1.29 is 27.8 Å². The number of esters is 1. The molecule has 0 N–H and O–H groups in total. The van der Waals surface area contributed by atoms with E-state index in [1.165, 1.54) is 7.11 Å². The van der Waals surface area contributed by atoms with E-state index in [4.69, 9.17) is 0 Å². The molecule has 0 aromatic heterocycles. The quantitative estimate of drug-likeness (QED) is 0.546. The van der Waals surface area contributed by atoms with Crippen LogP contribution >= 0.6 is 17.0 Å². The van der Waals surface area contributed by atoms with Gasteiger partial charge < -0.3 is 0 Å². The molecule has 0 aliphatic rings.